The van der Waals surface area contributed by atoms with Gasteiger partial charge in [0, 0.05) is 229 Å². The number of anilines is 3. The minimum absolute atomic E-state index is 0. The van der Waals surface area contributed by atoms with Crippen molar-refractivity contribution in [1.82, 2.24) is 68.4 Å². The second-order valence-electron chi connectivity index (χ2n) is 30.4. The van der Waals surface area contributed by atoms with Crippen molar-refractivity contribution in [3.8, 4) is 50.8 Å². The number of benzene rings is 6. The molecule has 3 N–H and O–H groups in total. The van der Waals surface area contributed by atoms with Crippen molar-refractivity contribution in [1.29, 1.82) is 10.7 Å². The lowest BCUT2D eigenvalue weighted by Gasteiger charge is -2.34. The van der Waals surface area contributed by atoms with Crippen LogP contribution in [-0.2, 0) is 58.0 Å². The Kier molecular flexibility index (Phi) is 31.2. The van der Waals surface area contributed by atoms with Crippen LogP contribution in [0.1, 0.15) is 97.5 Å². The SMILES string of the molecule is CCOC(=O)C(=O)Cl.CCOC(=O)c1nc(-c2ccc(-c3cc4cnc(Cc5ccc(N6CCN(C)CC6)cc5)nc4n(CC)c3=O)c(Cl)c2)no1.CCn1c(=O)c(-c2ccc(C#N)cc2Cl)cc2cnc(Cc3ccc(N4CCN(C)CC4)cc3)nc21.CCn1c(=O)c(-c2ccc(C(C)=N)cc2Cl)cc2cnc(Cc3ccc(N4CCN(C)CC4)cc3)nc21.O. The summed E-state index contributed by atoms with van der Waals surface area (Å²) in [5.74, 6) is 0.233. The number of ether oxygens (including phenoxy) is 2. The molecule has 652 valence electrons. The van der Waals surface area contributed by atoms with E-state index in [1.54, 1.807) is 114 Å². The van der Waals surface area contributed by atoms with Crippen LogP contribution in [0.3, 0.4) is 0 Å². The Morgan fingerprint density at radius 1 is 0.460 bits per heavy atom. The number of aromatic nitrogens is 11. The number of aryl methyl sites for hydroxylation is 3. The van der Waals surface area contributed by atoms with Gasteiger partial charge < -0.3 is 54.3 Å². The normalized spacial score (nSPS) is 13.6. The molecule has 126 heavy (non-hydrogen) atoms. The zero-order chi connectivity index (χ0) is 88.7. The second-order valence-corrected chi connectivity index (χ2v) is 31.9. The Balaban J connectivity index is 0.000000165. The van der Waals surface area contributed by atoms with Gasteiger partial charge in [-0.25, -0.2) is 39.5 Å². The topological polar surface area (TPSA) is 351 Å². The fraction of sp³-hybridized carbons (Fsp3) is 0.312. The molecule has 0 bridgehead atoms. The molecule has 29 nitrogen and oxygen atoms in total. The van der Waals surface area contributed by atoms with Crippen LogP contribution in [-0.4, -0.2) is 210 Å². The number of carbonyl (C=O) groups excluding carboxylic acids is 3. The van der Waals surface area contributed by atoms with E-state index in [1.807, 2.05) is 32.9 Å². The number of piperazine rings is 3. The van der Waals surface area contributed by atoms with Gasteiger partial charge in [0.2, 0.25) is 5.82 Å². The Bertz CT molecular complexity index is 6380. The third-order valence-corrected chi connectivity index (χ3v) is 23.1. The number of carbonyl (C=O) groups is 3. The quantitative estimate of drug-likeness (QED) is 0.0302. The Hall–Kier alpha value is -12.5. The first-order valence-corrected chi connectivity index (χ1v) is 42.8. The molecular formula is C93H97Cl4N19O10. The summed E-state index contributed by atoms with van der Waals surface area (Å²) in [7, 11) is 6.47. The number of nitrogens with one attached hydrogen (secondary N) is 1. The van der Waals surface area contributed by atoms with Gasteiger partial charge in [0.05, 0.1) is 24.8 Å². The number of halogens is 4. The van der Waals surface area contributed by atoms with Crippen molar-refractivity contribution in [2.75, 3.05) is 128 Å². The molecule has 13 aromatic rings. The number of hydrogen-bond acceptors (Lipinski definition) is 25. The lowest BCUT2D eigenvalue weighted by Crippen LogP contribution is -2.44. The number of pyridine rings is 3. The van der Waals surface area contributed by atoms with Gasteiger partial charge in [0.25, 0.3) is 16.7 Å². The molecule has 0 atom stereocenters. The number of nitriles is 1. The second kappa shape index (κ2) is 42.5. The monoisotopic (exact) mass is 1780 g/mol. The van der Waals surface area contributed by atoms with E-state index in [1.165, 1.54) is 17.1 Å². The third kappa shape index (κ3) is 22.0. The smallest absolute Gasteiger partial charge is 0.397 e. The van der Waals surface area contributed by atoms with Crippen molar-refractivity contribution >= 4 is 119 Å². The van der Waals surface area contributed by atoms with Crippen LogP contribution in [0.2, 0.25) is 15.1 Å². The van der Waals surface area contributed by atoms with Crippen molar-refractivity contribution in [2.45, 2.75) is 80.4 Å². The summed E-state index contributed by atoms with van der Waals surface area (Å²) in [6.07, 6.45) is 7.04. The number of likely N-dealkylation sites (N-methyl/N-ethyl adjacent to an activating group) is 3. The van der Waals surface area contributed by atoms with Crippen molar-refractivity contribution < 1.29 is 33.9 Å². The highest BCUT2D eigenvalue weighted by atomic mass is 35.5. The Labute approximate surface area is 748 Å². The van der Waals surface area contributed by atoms with E-state index in [0.29, 0.717) is 139 Å². The molecule has 0 unspecified atom stereocenters. The third-order valence-electron chi connectivity index (χ3n) is 22.0. The molecular weight excluding hydrogens is 1680 g/mol. The van der Waals surface area contributed by atoms with E-state index in [9.17, 15) is 28.8 Å². The number of nitrogens with zero attached hydrogens (tertiary/aromatic N) is 18. The first-order valence-electron chi connectivity index (χ1n) is 41.3. The molecule has 0 saturated carbocycles. The number of fused-ring (bicyclic) bond motifs is 3. The van der Waals surface area contributed by atoms with Gasteiger partial charge in [-0.3, -0.25) is 32.9 Å². The van der Waals surface area contributed by atoms with Gasteiger partial charge >= 0.3 is 23.1 Å². The average molecular weight is 1780 g/mol. The maximum atomic E-state index is 13.7. The van der Waals surface area contributed by atoms with Crippen molar-refractivity contribution in [2.24, 2.45) is 0 Å². The number of hydrogen-bond donors (Lipinski definition) is 1. The lowest BCUT2D eigenvalue weighted by atomic mass is 10.0. The maximum absolute atomic E-state index is 13.7. The highest BCUT2D eigenvalue weighted by Gasteiger charge is 2.25. The highest BCUT2D eigenvalue weighted by Crippen LogP contribution is 2.35. The van der Waals surface area contributed by atoms with Crippen LogP contribution in [0.15, 0.2) is 183 Å². The summed E-state index contributed by atoms with van der Waals surface area (Å²) in [4.78, 5) is 119. The van der Waals surface area contributed by atoms with Gasteiger partial charge in [0.15, 0.2) is 0 Å². The molecule has 0 amide bonds. The fourth-order valence-electron chi connectivity index (χ4n) is 15.0. The van der Waals surface area contributed by atoms with E-state index in [2.05, 4.69) is 159 Å². The molecule has 0 radical (unpaired) electrons. The first kappa shape index (κ1) is 92.7. The van der Waals surface area contributed by atoms with Crippen LogP contribution >= 0.6 is 46.4 Å². The van der Waals surface area contributed by atoms with Gasteiger partial charge in [-0.1, -0.05) is 107 Å². The standard InChI is InChI=1S/C32H32ClN7O4.C29H31ClN6O.C28H27ClN6O.C4H5ClO3.H2O/c1-4-40-29-22(19-34-27(35-29)16-20-6-9-23(10-7-20)39-14-12-38(3)13-15-39)17-25(31(40)41)24-11-8-21(18-26(24)33)28-36-30(44-37-28)32(42)43-5-2;1-4-36-28-22(16-25(29(36)37)24-10-7-21(19(2)31)17-26(24)30)18-32-27(33-28)15-20-5-8-23(9-6-20)35-13-11-34(3)12-14-35;1-3-35-27-21(16-24(28(35)36)23-9-6-20(17-30)14-25(23)29)18-31-26(32-27)15-19-4-7-22(8-5-19)34-12-10-33(2)11-13-34;1-2-8-4(7)3(5)6;/h6-11,17-19H,4-5,12-16H2,1-3H3;5-10,16-18,31H,4,11-15H2,1-3H3;4-9,14,16,18H,3,10-13,15H2,1-2H3;2H2,1H3;1H2. The fourth-order valence-corrected chi connectivity index (χ4v) is 15.9. The minimum atomic E-state index is -1.08. The van der Waals surface area contributed by atoms with Crippen LogP contribution in [0.4, 0.5) is 17.1 Å². The van der Waals surface area contributed by atoms with Gasteiger partial charge in [-0.2, -0.15) is 10.2 Å². The van der Waals surface area contributed by atoms with E-state index in [4.69, 9.17) is 81.3 Å². The summed E-state index contributed by atoms with van der Waals surface area (Å²) >= 11 is 24.3. The summed E-state index contributed by atoms with van der Waals surface area (Å²) in [5.41, 5.74) is 13.7. The minimum Gasteiger partial charge on any atom is -0.459 e. The number of rotatable bonds is 21. The molecule has 0 aliphatic carbocycles. The summed E-state index contributed by atoms with van der Waals surface area (Å²) in [5, 5.41) is 23.2. The van der Waals surface area contributed by atoms with Crippen LogP contribution in [0, 0.1) is 16.7 Å². The summed E-state index contributed by atoms with van der Waals surface area (Å²) < 4.78 is 19.1. The molecule has 33 heteroatoms. The summed E-state index contributed by atoms with van der Waals surface area (Å²) in [6, 6.07) is 48.6. The zero-order valence-electron chi connectivity index (χ0n) is 71.5. The van der Waals surface area contributed by atoms with Gasteiger partial charge in [0.1, 0.15) is 34.4 Å². The molecule has 6 aromatic carbocycles. The molecule has 3 aliphatic heterocycles. The van der Waals surface area contributed by atoms with Crippen LogP contribution in [0.5, 0.6) is 0 Å². The van der Waals surface area contributed by atoms with Crippen LogP contribution < -0.4 is 31.4 Å². The average Bonchev–Trinajstić information content (AvgIpc) is 0.796. The number of esters is 2. The molecule has 10 heterocycles. The Morgan fingerprint density at radius 2 is 0.817 bits per heavy atom. The molecule has 3 fully saturated rings. The largest absolute Gasteiger partial charge is 0.459 e. The van der Waals surface area contributed by atoms with Crippen molar-refractivity contribution in [3.05, 3.63) is 261 Å². The molecule has 3 saturated heterocycles. The highest BCUT2D eigenvalue weighted by molar-refractivity contribution is 6.80. The maximum Gasteiger partial charge on any atom is 0.397 e. The Morgan fingerprint density at radius 3 is 1.13 bits per heavy atom. The van der Waals surface area contributed by atoms with E-state index in [-0.39, 0.29) is 47.1 Å². The van der Waals surface area contributed by atoms with Gasteiger partial charge in [-0.15, -0.1) is 0 Å². The molecule has 16 rings (SSSR count). The van der Waals surface area contributed by atoms with Crippen molar-refractivity contribution in [3.63, 3.8) is 0 Å². The molecule has 3 aliphatic rings. The van der Waals surface area contributed by atoms with E-state index < -0.39 is 17.2 Å². The molecule has 7 aromatic heterocycles. The lowest BCUT2D eigenvalue weighted by molar-refractivity contribution is -0.149. The van der Waals surface area contributed by atoms with E-state index in [0.717, 1.165) is 117 Å². The predicted octanol–water partition coefficient (Wildman–Crippen LogP) is 13.4. The van der Waals surface area contributed by atoms with E-state index >= 15 is 0 Å². The first-order chi connectivity index (χ1) is 60.3. The predicted molar refractivity (Wildman–Crippen MR) is 494 cm³/mol. The zero-order valence-corrected chi connectivity index (χ0v) is 74.5. The van der Waals surface area contributed by atoms with Gasteiger partial charge in [-0.05, 0) is 175 Å². The summed E-state index contributed by atoms with van der Waals surface area (Å²) in [6.45, 7) is 25.1. The van der Waals surface area contributed by atoms with Crippen LogP contribution in [0.25, 0.3) is 77.9 Å². The molecule has 0 spiro atoms.